The number of hydrogen-bond acceptors (Lipinski definition) is 3. The molecule has 1 aromatic rings. The summed E-state index contributed by atoms with van der Waals surface area (Å²) in [5.74, 6) is 0.338. The van der Waals surface area contributed by atoms with Crippen LogP contribution in [0.3, 0.4) is 0 Å². The van der Waals surface area contributed by atoms with Crippen molar-refractivity contribution in [2.45, 2.75) is 46.2 Å². The average Bonchev–Trinajstić information content (AvgIpc) is 2.36. The van der Waals surface area contributed by atoms with Crippen molar-refractivity contribution < 1.29 is 5.11 Å². The molecule has 106 valence electrons. The maximum absolute atomic E-state index is 11.6. The van der Waals surface area contributed by atoms with Crippen molar-refractivity contribution in [1.29, 1.82) is 0 Å². The van der Waals surface area contributed by atoms with Crippen molar-refractivity contribution in [3.63, 3.8) is 0 Å². The third kappa shape index (κ3) is 3.83. The minimum atomic E-state index is -0.271. The lowest BCUT2D eigenvalue weighted by Gasteiger charge is -2.28. The fourth-order valence-corrected chi connectivity index (χ4v) is 2.65. The molecule has 0 atom stereocenters. The molecule has 19 heavy (non-hydrogen) atoms. The first kappa shape index (κ1) is 14.1. The van der Waals surface area contributed by atoms with Gasteiger partial charge in [-0.3, -0.25) is 9.69 Å². The third-order valence-corrected chi connectivity index (χ3v) is 3.59. The second kappa shape index (κ2) is 6.24. The molecule has 0 saturated carbocycles. The highest BCUT2D eigenvalue weighted by molar-refractivity contribution is 5.20. The summed E-state index contributed by atoms with van der Waals surface area (Å²) in [4.78, 5) is 14.0. The topological polar surface area (TPSA) is 45.5 Å². The number of piperidine rings is 1. The molecule has 1 fully saturated rings. The highest BCUT2D eigenvalue weighted by Gasteiger charge is 2.14. The van der Waals surface area contributed by atoms with Gasteiger partial charge in [-0.05, 0) is 31.8 Å². The average molecular weight is 264 g/mol. The Hall–Kier alpha value is -1.29. The largest absolute Gasteiger partial charge is 0.503 e. The van der Waals surface area contributed by atoms with Crippen LogP contribution in [0.25, 0.3) is 0 Å². The first-order valence-electron chi connectivity index (χ1n) is 7.21. The van der Waals surface area contributed by atoms with E-state index in [0.29, 0.717) is 5.92 Å². The van der Waals surface area contributed by atoms with Crippen molar-refractivity contribution in [2.24, 2.45) is 5.92 Å². The van der Waals surface area contributed by atoms with E-state index in [1.807, 2.05) is 4.57 Å². The summed E-state index contributed by atoms with van der Waals surface area (Å²) in [5.41, 5.74) is 0.741. The van der Waals surface area contributed by atoms with E-state index in [2.05, 4.69) is 18.7 Å². The van der Waals surface area contributed by atoms with Gasteiger partial charge in [0.1, 0.15) is 0 Å². The normalized spacial score (nSPS) is 17.0. The number of aromatic nitrogens is 1. The van der Waals surface area contributed by atoms with Crippen LogP contribution in [0.2, 0.25) is 0 Å². The Morgan fingerprint density at radius 2 is 1.95 bits per heavy atom. The van der Waals surface area contributed by atoms with E-state index in [4.69, 9.17) is 0 Å². The number of rotatable bonds is 4. The Kier molecular flexibility index (Phi) is 4.64. The zero-order valence-electron chi connectivity index (χ0n) is 11.9. The Balaban J connectivity index is 2.20. The number of nitrogens with zero attached hydrogens (tertiary/aromatic N) is 2. The molecule has 1 aromatic heterocycles. The van der Waals surface area contributed by atoms with E-state index >= 15 is 0 Å². The van der Waals surface area contributed by atoms with E-state index in [0.717, 1.165) is 31.9 Å². The van der Waals surface area contributed by atoms with Crippen LogP contribution in [0.5, 0.6) is 5.75 Å². The first-order chi connectivity index (χ1) is 9.06. The minimum absolute atomic E-state index is 0.150. The monoisotopic (exact) mass is 264 g/mol. The maximum atomic E-state index is 11.6. The lowest BCUT2D eigenvalue weighted by Crippen LogP contribution is -2.31. The lowest BCUT2D eigenvalue weighted by molar-refractivity contribution is 0.214. The zero-order valence-corrected chi connectivity index (χ0v) is 11.9. The van der Waals surface area contributed by atoms with Gasteiger partial charge in [-0.15, -0.1) is 0 Å². The van der Waals surface area contributed by atoms with Gasteiger partial charge in [0.15, 0.2) is 5.75 Å². The van der Waals surface area contributed by atoms with Crippen LogP contribution < -0.4 is 5.43 Å². The highest BCUT2D eigenvalue weighted by Crippen LogP contribution is 2.15. The molecule has 0 aliphatic carbocycles. The molecule has 2 rings (SSSR count). The molecule has 0 aromatic carbocycles. The summed E-state index contributed by atoms with van der Waals surface area (Å²) < 4.78 is 2.02. The summed E-state index contributed by atoms with van der Waals surface area (Å²) >= 11 is 0. The number of aromatic hydroxyl groups is 1. The van der Waals surface area contributed by atoms with Crippen molar-refractivity contribution >= 4 is 0 Å². The lowest BCUT2D eigenvalue weighted by atomic mass is 10.1. The molecule has 1 aliphatic heterocycles. The molecule has 1 saturated heterocycles. The Morgan fingerprint density at radius 3 is 2.58 bits per heavy atom. The van der Waals surface area contributed by atoms with Gasteiger partial charge >= 0.3 is 0 Å². The van der Waals surface area contributed by atoms with Gasteiger partial charge < -0.3 is 9.67 Å². The maximum Gasteiger partial charge on any atom is 0.223 e. The van der Waals surface area contributed by atoms with Gasteiger partial charge in [0.25, 0.3) is 0 Å². The zero-order chi connectivity index (χ0) is 13.8. The molecular formula is C15H24N2O2. The summed E-state index contributed by atoms with van der Waals surface area (Å²) in [5, 5.41) is 9.60. The Labute approximate surface area is 114 Å². The molecule has 4 nitrogen and oxygen atoms in total. The van der Waals surface area contributed by atoms with Crippen molar-refractivity contribution in [2.75, 3.05) is 13.1 Å². The van der Waals surface area contributed by atoms with Gasteiger partial charge in [0.2, 0.25) is 5.43 Å². The molecule has 0 bridgehead atoms. The summed E-state index contributed by atoms with van der Waals surface area (Å²) in [6.07, 6.45) is 5.38. The second-order valence-corrected chi connectivity index (χ2v) is 5.90. The fraction of sp³-hybridized carbons (Fsp3) is 0.667. The molecular weight excluding hydrogens is 240 g/mol. The molecule has 1 aliphatic rings. The van der Waals surface area contributed by atoms with Crippen LogP contribution >= 0.6 is 0 Å². The van der Waals surface area contributed by atoms with E-state index < -0.39 is 0 Å². The van der Waals surface area contributed by atoms with Crippen molar-refractivity contribution in [3.8, 4) is 5.75 Å². The SMILES string of the molecule is CC(C)Cn1cc(O)c(=O)cc1CN1CCCCC1. The Bertz CT molecular complexity index is 474. The molecule has 0 unspecified atom stereocenters. The van der Waals surface area contributed by atoms with Crippen molar-refractivity contribution in [1.82, 2.24) is 9.47 Å². The molecule has 2 heterocycles. The van der Waals surface area contributed by atoms with E-state index in [-0.39, 0.29) is 11.2 Å². The van der Waals surface area contributed by atoms with Gasteiger partial charge in [0, 0.05) is 24.8 Å². The van der Waals surface area contributed by atoms with Crippen LogP contribution in [0.4, 0.5) is 0 Å². The van der Waals surface area contributed by atoms with Crippen LogP contribution in [0.1, 0.15) is 38.8 Å². The predicted molar refractivity (Wildman–Crippen MR) is 76.3 cm³/mol. The molecule has 1 N–H and O–H groups in total. The van der Waals surface area contributed by atoms with E-state index in [1.54, 1.807) is 12.3 Å². The summed E-state index contributed by atoms with van der Waals surface area (Å²) in [6, 6.07) is 1.59. The molecule has 4 heteroatoms. The Morgan fingerprint density at radius 1 is 1.26 bits per heavy atom. The van der Waals surface area contributed by atoms with Crippen LogP contribution in [0, 0.1) is 5.92 Å². The minimum Gasteiger partial charge on any atom is -0.503 e. The number of pyridine rings is 1. The van der Waals surface area contributed by atoms with Crippen LogP contribution in [-0.2, 0) is 13.1 Å². The third-order valence-electron chi connectivity index (χ3n) is 3.59. The fourth-order valence-electron chi connectivity index (χ4n) is 2.65. The first-order valence-corrected chi connectivity index (χ1v) is 7.21. The smallest absolute Gasteiger partial charge is 0.223 e. The predicted octanol–water partition coefficient (Wildman–Crippen LogP) is 2.20. The van der Waals surface area contributed by atoms with E-state index in [9.17, 15) is 9.90 Å². The standard InChI is InChI=1S/C15H24N2O2/c1-12(2)9-17-11-15(19)14(18)8-13(17)10-16-6-4-3-5-7-16/h8,11-12,19H,3-7,9-10H2,1-2H3. The van der Waals surface area contributed by atoms with Gasteiger partial charge in [0.05, 0.1) is 6.20 Å². The molecule has 0 amide bonds. The highest BCUT2D eigenvalue weighted by atomic mass is 16.3. The van der Waals surface area contributed by atoms with Gasteiger partial charge in [-0.1, -0.05) is 20.3 Å². The summed E-state index contributed by atoms with van der Waals surface area (Å²) in [7, 11) is 0. The van der Waals surface area contributed by atoms with Crippen molar-refractivity contribution in [3.05, 3.63) is 28.2 Å². The van der Waals surface area contributed by atoms with Gasteiger partial charge in [-0.25, -0.2) is 0 Å². The van der Waals surface area contributed by atoms with Gasteiger partial charge in [-0.2, -0.15) is 0 Å². The van der Waals surface area contributed by atoms with Crippen LogP contribution in [-0.4, -0.2) is 27.7 Å². The second-order valence-electron chi connectivity index (χ2n) is 5.90. The molecule has 0 spiro atoms. The van der Waals surface area contributed by atoms with Crippen LogP contribution in [0.15, 0.2) is 17.1 Å². The quantitative estimate of drug-likeness (QED) is 0.906. The molecule has 0 radical (unpaired) electrons. The number of likely N-dealkylation sites (tertiary alicyclic amines) is 1. The summed E-state index contributed by atoms with van der Waals surface area (Å²) in [6.45, 7) is 8.13. The number of hydrogen-bond donors (Lipinski definition) is 1. The van der Waals surface area contributed by atoms with E-state index in [1.165, 1.54) is 19.3 Å².